The molecule has 4 heteroatoms. The number of fused-ring (bicyclic) bond motifs is 2. The van der Waals surface area contributed by atoms with Crippen molar-refractivity contribution in [2.45, 2.75) is 12.5 Å². The third-order valence-electron chi connectivity index (χ3n) is 4.54. The van der Waals surface area contributed by atoms with Gasteiger partial charge >= 0.3 is 0 Å². The van der Waals surface area contributed by atoms with Crippen LogP contribution in [0.3, 0.4) is 0 Å². The fraction of sp³-hybridized carbons (Fsp3) is 0.353. The summed E-state index contributed by atoms with van der Waals surface area (Å²) in [5.41, 5.74) is 1.17. The molecule has 0 spiro atoms. The Balaban J connectivity index is 1.47. The summed E-state index contributed by atoms with van der Waals surface area (Å²) in [5.74, 6) is 0.739. The van der Waals surface area contributed by atoms with Crippen molar-refractivity contribution >= 4 is 17.2 Å². The quantitative estimate of drug-likeness (QED) is 0.945. The molecule has 2 aliphatic rings. The van der Waals surface area contributed by atoms with Crippen molar-refractivity contribution < 1.29 is 4.79 Å². The highest BCUT2D eigenvalue weighted by Crippen LogP contribution is 2.30. The minimum atomic E-state index is 0.0842. The summed E-state index contributed by atoms with van der Waals surface area (Å²) in [4.78, 5) is 16.8. The first-order valence-electron chi connectivity index (χ1n) is 7.48. The Bertz CT molecular complexity index is 652. The van der Waals surface area contributed by atoms with Crippen LogP contribution in [0.1, 0.15) is 16.1 Å². The number of rotatable bonds is 3. The number of nitrogens with one attached hydrogen (secondary N) is 1. The molecule has 108 valence electrons. The van der Waals surface area contributed by atoms with Gasteiger partial charge in [0.15, 0.2) is 0 Å². The molecule has 3 atom stereocenters. The number of carbonyl (C=O) groups excluding carboxylic acids is 1. The van der Waals surface area contributed by atoms with Gasteiger partial charge in [-0.2, -0.15) is 0 Å². The van der Waals surface area contributed by atoms with Gasteiger partial charge in [-0.1, -0.05) is 30.3 Å². The highest BCUT2D eigenvalue weighted by molar-refractivity contribution is 7.17. The van der Waals surface area contributed by atoms with E-state index in [1.54, 1.807) is 11.3 Å². The van der Waals surface area contributed by atoms with E-state index < -0.39 is 0 Å². The molecular weight excluding hydrogens is 280 g/mol. The van der Waals surface area contributed by atoms with E-state index in [1.807, 2.05) is 30.3 Å². The number of piperidine rings is 1. The van der Waals surface area contributed by atoms with Crippen LogP contribution < -0.4 is 5.32 Å². The van der Waals surface area contributed by atoms with Crippen LogP contribution in [0.4, 0.5) is 0 Å². The lowest BCUT2D eigenvalue weighted by Crippen LogP contribution is -2.42. The number of nitrogens with zero attached hydrogens (tertiary/aromatic N) is 1. The van der Waals surface area contributed by atoms with E-state index in [-0.39, 0.29) is 5.91 Å². The van der Waals surface area contributed by atoms with Gasteiger partial charge in [0, 0.05) is 24.0 Å². The second-order valence-electron chi connectivity index (χ2n) is 5.92. The SMILES string of the molecule is O=C(N[C@H]1CN2CC[C@@H]1C2)c1ccc(-c2ccccc2)s1. The average Bonchev–Trinajstić information content (AvgIpc) is 3.24. The highest BCUT2D eigenvalue weighted by Gasteiger charge is 2.38. The van der Waals surface area contributed by atoms with E-state index in [0.29, 0.717) is 12.0 Å². The third kappa shape index (κ3) is 2.49. The number of carbonyl (C=O) groups is 1. The van der Waals surface area contributed by atoms with E-state index in [2.05, 4.69) is 22.3 Å². The fourth-order valence-electron chi connectivity index (χ4n) is 3.40. The van der Waals surface area contributed by atoms with E-state index in [0.717, 1.165) is 22.8 Å². The molecule has 0 saturated carbocycles. The van der Waals surface area contributed by atoms with Gasteiger partial charge in [0.25, 0.3) is 5.91 Å². The highest BCUT2D eigenvalue weighted by atomic mass is 32.1. The first-order valence-corrected chi connectivity index (χ1v) is 8.30. The maximum atomic E-state index is 12.4. The molecule has 4 rings (SSSR count). The van der Waals surface area contributed by atoms with Crippen LogP contribution >= 0.6 is 11.3 Å². The lowest BCUT2D eigenvalue weighted by Gasteiger charge is -2.22. The van der Waals surface area contributed by atoms with Gasteiger partial charge in [0.2, 0.25) is 0 Å². The van der Waals surface area contributed by atoms with Crippen molar-refractivity contribution in [1.82, 2.24) is 10.2 Å². The third-order valence-corrected chi connectivity index (χ3v) is 5.67. The molecule has 3 heterocycles. The molecule has 21 heavy (non-hydrogen) atoms. The normalized spacial score (nSPS) is 27.0. The van der Waals surface area contributed by atoms with Crippen LogP contribution in [0.25, 0.3) is 10.4 Å². The van der Waals surface area contributed by atoms with Gasteiger partial charge in [-0.15, -0.1) is 11.3 Å². The Morgan fingerprint density at radius 2 is 2.00 bits per heavy atom. The molecule has 1 N–H and O–H groups in total. The van der Waals surface area contributed by atoms with E-state index >= 15 is 0 Å². The first-order chi connectivity index (χ1) is 10.3. The monoisotopic (exact) mass is 298 g/mol. The zero-order valence-electron chi connectivity index (χ0n) is 11.8. The van der Waals surface area contributed by atoms with Gasteiger partial charge in [-0.3, -0.25) is 4.79 Å². The summed E-state index contributed by atoms with van der Waals surface area (Å²) in [5, 5.41) is 3.22. The minimum Gasteiger partial charge on any atom is -0.347 e. The Morgan fingerprint density at radius 1 is 1.14 bits per heavy atom. The molecule has 2 fully saturated rings. The Labute approximate surface area is 128 Å². The zero-order valence-corrected chi connectivity index (χ0v) is 12.6. The lowest BCUT2D eigenvalue weighted by atomic mass is 10.00. The Hall–Kier alpha value is -1.65. The molecule has 2 bridgehead atoms. The van der Waals surface area contributed by atoms with Crippen molar-refractivity contribution in [3.63, 3.8) is 0 Å². The summed E-state index contributed by atoms with van der Waals surface area (Å²) < 4.78 is 0. The largest absolute Gasteiger partial charge is 0.347 e. The van der Waals surface area contributed by atoms with Crippen molar-refractivity contribution in [1.29, 1.82) is 0 Å². The van der Waals surface area contributed by atoms with Crippen LogP contribution in [0.2, 0.25) is 0 Å². The Morgan fingerprint density at radius 3 is 2.71 bits per heavy atom. The zero-order chi connectivity index (χ0) is 14.2. The summed E-state index contributed by atoms with van der Waals surface area (Å²) in [7, 11) is 0. The second kappa shape index (κ2) is 5.28. The molecule has 2 saturated heterocycles. The molecule has 1 aromatic carbocycles. The van der Waals surface area contributed by atoms with Gasteiger partial charge in [-0.05, 0) is 36.6 Å². The van der Waals surface area contributed by atoms with Gasteiger partial charge in [0.05, 0.1) is 4.88 Å². The molecule has 1 aromatic heterocycles. The maximum absolute atomic E-state index is 12.4. The van der Waals surface area contributed by atoms with E-state index in [9.17, 15) is 4.79 Å². The van der Waals surface area contributed by atoms with Crippen LogP contribution in [-0.2, 0) is 0 Å². The number of thiophene rings is 1. The molecule has 2 aromatic rings. The standard InChI is InChI=1S/C17H18N2OS/c20-17(18-14-11-19-9-8-13(14)10-19)16-7-6-15(21-16)12-4-2-1-3-5-12/h1-7,13-14H,8-11H2,(H,18,20)/t13-,14+/m1/s1. The average molecular weight is 298 g/mol. The van der Waals surface area contributed by atoms with E-state index in [1.165, 1.54) is 18.5 Å². The van der Waals surface area contributed by atoms with Crippen molar-refractivity contribution in [2.75, 3.05) is 19.6 Å². The molecule has 1 unspecified atom stereocenters. The smallest absolute Gasteiger partial charge is 0.261 e. The summed E-state index contributed by atoms with van der Waals surface area (Å²) in [6.07, 6.45) is 1.23. The predicted octanol–water partition coefficient (Wildman–Crippen LogP) is 2.85. The van der Waals surface area contributed by atoms with Crippen LogP contribution in [0.15, 0.2) is 42.5 Å². The Kier molecular flexibility index (Phi) is 3.28. The summed E-state index contributed by atoms with van der Waals surface area (Å²) in [6, 6.07) is 14.5. The second-order valence-corrected chi connectivity index (χ2v) is 7.00. The molecule has 1 amide bonds. The predicted molar refractivity (Wildman–Crippen MR) is 85.6 cm³/mol. The summed E-state index contributed by atoms with van der Waals surface area (Å²) in [6.45, 7) is 3.38. The van der Waals surface area contributed by atoms with Crippen molar-refractivity contribution in [3.8, 4) is 10.4 Å². The van der Waals surface area contributed by atoms with E-state index in [4.69, 9.17) is 0 Å². The molecule has 2 aliphatic heterocycles. The maximum Gasteiger partial charge on any atom is 0.261 e. The molecular formula is C17H18N2OS. The number of benzene rings is 1. The van der Waals surface area contributed by atoms with Gasteiger partial charge < -0.3 is 10.2 Å². The molecule has 3 nitrogen and oxygen atoms in total. The van der Waals surface area contributed by atoms with Crippen molar-refractivity contribution in [2.24, 2.45) is 5.92 Å². The van der Waals surface area contributed by atoms with Crippen LogP contribution in [0.5, 0.6) is 0 Å². The first kappa shape index (κ1) is 13.0. The number of amides is 1. The van der Waals surface area contributed by atoms with Gasteiger partial charge in [0.1, 0.15) is 0 Å². The topological polar surface area (TPSA) is 32.3 Å². The number of hydrogen-bond donors (Lipinski definition) is 1. The number of hydrogen-bond acceptors (Lipinski definition) is 3. The van der Waals surface area contributed by atoms with Crippen molar-refractivity contribution in [3.05, 3.63) is 47.3 Å². The van der Waals surface area contributed by atoms with Crippen LogP contribution in [0, 0.1) is 5.92 Å². The molecule has 0 aliphatic carbocycles. The minimum absolute atomic E-state index is 0.0842. The van der Waals surface area contributed by atoms with Crippen LogP contribution in [-0.4, -0.2) is 36.5 Å². The fourth-order valence-corrected chi connectivity index (χ4v) is 4.32. The lowest BCUT2D eigenvalue weighted by molar-refractivity contribution is 0.0928. The van der Waals surface area contributed by atoms with Gasteiger partial charge in [-0.25, -0.2) is 0 Å². The summed E-state index contributed by atoms with van der Waals surface area (Å²) >= 11 is 1.57. The molecule has 0 radical (unpaired) electrons.